The number of benzene rings is 3. The van der Waals surface area contributed by atoms with Gasteiger partial charge >= 0.3 is 0 Å². The number of hydrogen-bond donors (Lipinski definition) is 3. The van der Waals surface area contributed by atoms with Crippen molar-refractivity contribution in [3.63, 3.8) is 0 Å². The summed E-state index contributed by atoms with van der Waals surface area (Å²) in [5, 5.41) is 13.4. The van der Waals surface area contributed by atoms with Crippen LogP contribution in [0.25, 0.3) is 11.1 Å². The minimum absolute atomic E-state index is 0.328. The summed E-state index contributed by atoms with van der Waals surface area (Å²) >= 11 is 5.86. The van der Waals surface area contributed by atoms with Gasteiger partial charge in [0.05, 0.1) is 11.6 Å². The Hall–Kier alpha value is -3.68. The molecule has 2 unspecified atom stereocenters. The summed E-state index contributed by atoms with van der Waals surface area (Å²) in [6.07, 6.45) is -1.50. The van der Waals surface area contributed by atoms with Gasteiger partial charge in [-0.25, -0.2) is 4.90 Å². The summed E-state index contributed by atoms with van der Waals surface area (Å²) < 4.78 is 0. The first-order valence-electron chi connectivity index (χ1n) is 10.8. The molecule has 1 heterocycles. The van der Waals surface area contributed by atoms with Gasteiger partial charge in [0, 0.05) is 16.3 Å². The van der Waals surface area contributed by atoms with Crippen LogP contribution in [0.5, 0.6) is 0 Å². The molecule has 0 aromatic heterocycles. The van der Waals surface area contributed by atoms with Crippen molar-refractivity contribution < 1.29 is 19.5 Å². The number of amides is 3. The second kappa shape index (κ2) is 9.29. The Kier molecular flexibility index (Phi) is 6.41. The van der Waals surface area contributed by atoms with Crippen molar-refractivity contribution in [2.75, 3.05) is 10.6 Å². The van der Waals surface area contributed by atoms with Crippen molar-refractivity contribution in [3.05, 3.63) is 82.9 Å². The quantitative estimate of drug-likeness (QED) is 0.495. The topological polar surface area (TPSA) is 113 Å². The molecule has 0 saturated heterocycles. The predicted octanol–water partition coefficient (Wildman–Crippen LogP) is 3.80. The van der Waals surface area contributed by atoms with Gasteiger partial charge in [-0.3, -0.25) is 14.4 Å². The van der Waals surface area contributed by atoms with E-state index in [1.54, 1.807) is 37.3 Å². The summed E-state index contributed by atoms with van der Waals surface area (Å²) in [5.41, 5.74) is 9.53. The molecule has 3 aromatic rings. The number of halogens is 1. The third kappa shape index (κ3) is 4.16. The maximum absolute atomic E-state index is 13.5. The monoisotopic (exact) mass is 477 g/mol. The number of aliphatic hydroxyl groups is 1. The minimum Gasteiger partial charge on any atom is -0.398 e. The average Bonchev–Trinajstić information content (AvgIpc) is 2.92. The van der Waals surface area contributed by atoms with E-state index in [9.17, 15) is 19.5 Å². The molecule has 34 heavy (non-hydrogen) atoms. The fourth-order valence-corrected chi connectivity index (χ4v) is 4.28. The van der Waals surface area contributed by atoms with E-state index in [2.05, 4.69) is 5.32 Å². The smallest absolute Gasteiger partial charge is 0.256 e. The number of carbonyl (C=O) groups excluding carboxylic acids is 3. The number of nitrogens with one attached hydrogen (secondary N) is 1. The van der Waals surface area contributed by atoms with Gasteiger partial charge in [-0.1, -0.05) is 54.1 Å². The van der Waals surface area contributed by atoms with Crippen LogP contribution in [0.2, 0.25) is 5.02 Å². The number of rotatable bonds is 4. The van der Waals surface area contributed by atoms with Crippen LogP contribution in [0.1, 0.15) is 37.0 Å². The maximum Gasteiger partial charge on any atom is 0.256 e. The molecule has 0 bridgehead atoms. The lowest BCUT2D eigenvalue weighted by Gasteiger charge is -2.27. The summed E-state index contributed by atoms with van der Waals surface area (Å²) in [5.74, 6) is -2.45. The SMILES string of the molecule is CC1C(=O)N(C(=O)[C@H](C)NC(=O)C(O)c2ccc(Cl)cc2)c2cccc(N)c2-c2ccccc21. The number of nitrogen functional groups attached to an aromatic ring is 1. The van der Waals surface area contributed by atoms with Crippen LogP contribution in [-0.4, -0.2) is 28.9 Å². The fraction of sp³-hybridized carbons (Fsp3) is 0.192. The van der Waals surface area contributed by atoms with Crippen molar-refractivity contribution in [2.24, 2.45) is 0 Å². The van der Waals surface area contributed by atoms with E-state index >= 15 is 0 Å². The zero-order valence-electron chi connectivity index (χ0n) is 18.7. The van der Waals surface area contributed by atoms with Crippen molar-refractivity contribution in [1.29, 1.82) is 0 Å². The van der Waals surface area contributed by atoms with Crippen LogP contribution < -0.4 is 16.0 Å². The molecule has 7 nitrogen and oxygen atoms in total. The number of imide groups is 1. The van der Waals surface area contributed by atoms with Gasteiger partial charge in [-0.15, -0.1) is 0 Å². The Labute approximate surface area is 202 Å². The van der Waals surface area contributed by atoms with Gasteiger partial charge in [0.2, 0.25) is 5.91 Å². The number of aliphatic hydroxyl groups excluding tert-OH is 1. The predicted molar refractivity (Wildman–Crippen MR) is 131 cm³/mol. The lowest BCUT2D eigenvalue weighted by molar-refractivity contribution is -0.134. The first kappa shape index (κ1) is 23.5. The summed E-state index contributed by atoms with van der Waals surface area (Å²) in [7, 11) is 0. The van der Waals surface area contributed by atoms with Gasteiger partial charge in [-0.05, 0) is 54.8 Å². The molecule has 0 radical (unpaired) electrons. The average molecular weight is 478 g/mol. The largest absolute Gasteiger partial charge is 0.398 e. The number of hydrogen-bond acceptors (Lipinski definition) is 5. The number of carbonyl (C=O) groups is 3. The Balaban J connectivity index is 1.66. The second-order valence-corrected chi connectivity index (χ2v) is 8.68. The van der Waals surface area contributed by atoms with Crippen LogP contribution in [0.15, 0.2) is 66.7 Å². The molecule has 0 spiro atoms. The van der Waals surface area contributed by atoms with E-state index in [0.29, 0.717) is 27.5 Å². The molecule has 0 fully saturated rings. The second-order valence-electron chi connectivity index (χ2n) is 8.25. The van der Waals surface area contributed by atoms with Gasteiger partial charge < -0.3 is 16.2 Å². The van der Waals surface area contributed by atoms with E-state index in [1.807, 2.05) is 24.3 Å². The van der Waals surface area contributed by atoms with Gasteiger partial charge in [0.25, 0.3) is 11.8 Å². The molecule has 4 N–H and O–H groups in total. The molecule has 174 valence electrons. The molecule has 0 aliphatic carbocycles. The standard InChI is InChI=1S/C26H24ClN3O4/c1-14-18-6-3-4-7-19(18)22-20(28)8-5-9-21(22)30(25(14)33)26(34)15(2)29-24(32)23(31)16-10-12-17(27)13-11-16/h3-15,23,31H,28H2,1-2H3,(H,29,32)/t14?,15-,23?/m0/s1. The highest BCUT2D eigenvalue weighted by atomic mass is 35.5. The van der Waals surface area contributed by atoms with Crippen molar-refractivity contribution in [2.45, 2.75) is 31.9 Å². The Morgan fingerprint density at radius 2 is 1.74 bits per heavy atom. The van der Waals surface area contributed by atoms with Crippen LogP contribution in [0.4, 0.5) is 11.4 Å². The highest BCUT2D eigenvalue weighted by molar-refractivity contribution is 6.30. The number of nitrogens with zero attached hydrogens (tertiary/aromatic N) is 1. The van der Waals surface area contributed by atoms with Crippen molar-refractivity contribution in [3.8, 4) is 11.1 Å². The first-order chi connectivity index (χ1) is 16.2. The summed E-state index contributed by atoms with van der Waals surface area (Å²) in [6.45, 7) is 3.20. The molecule has 3 amide bonds. The summed E-state index contributed by atoms with van der Waals surface area (Å²) in [4.78, 5) is 40.7. The number of anilines is 2. The van der Waals surface area contributed by atoms with E-state index in [-0.39, 0.29) is 0 Å². The van der Waals surface area contributed by atoms with Crippen LogP contribution >= 0.6 is 11.6 Å². The molecule has 3 aromatic carbocycles. The normalized spacial score (nSPS) is 16.6. The first-order valence-corrected chi connectivity index (χ1v) is 11.2. The third-order valence-corrected chi connectivity index (χ3v) is 6.24. The molecule has 0 saturated carbocycles. The molecule has 3 atom stereocenters. The van der Waals surface area contributed by atoms with E-state index < -0.39 is 35.8 Å². The molecule has 8 heteroatoms. The Morgan fingerprint density at radius 1 is 1.06 bits per heavy atom. The van der Waals surface area contributed by atoms with Crippen LogP contribution in [-0.2, 0) is 14.4 Å². The lowest BCUT2D eigenvalue weighted by Crippen LogP contribution is -2.51. The molecule has 1 aliphatic heterocycles. The van der Waals surface area contributed by atoms with E-state index in [4.69, 9.17) is 17.3 Å². The van der Waals surface area contributed by atoms with Crippen LogP contribution in [0, 0.1) is 0 Å². The van der Waals surface area contributed by atoms with E-state index in [0.717, 1.165) is 16.0 Å². The van der Waals surface area contributed by atoms with Crippen LogP contribution in [0.3, 0.4) is 0 Å². The van der Waals surface area contributed by atoms with E-state index in [1.165, 1.54) is 19.1 Å². The molecule has 4 rings (SSSR count). The number of fused-ring (bicyclic) bond motifs is 3. The van der Waals surface area contributed by atoms with Gasteiger partial charge in [0.1, 0.15) is 6.04 Å². The fourth-order valence-electron chi connectivity index (χ4n) is 4.16. The Morgan fingerprint density at radius 3 is 2.44 bits per heavy atom. The Bertz CT molecular complexity index is 1280. The highest BCUT2D eigenvalue weighted by Gasteiger charge is 2.38. The zero-order valence-corrected chi connectivity index (χ0v) is 19.4. The molecular weight excluding hydrogens is 454 g/mol. The van der Waals surface area contributed by atoms with Crippen molar-refractivity contribution in [1.82, 2.24) is 5.32 Å². The summed E-state index contributed by atoms with van der Waals surface area (Å²) in [6, 6.07) is 17.5. The molecular formula is C26H24ClN3O4. The lowest BCUT2D eigenvalue weighted by atomic mass is 9.92. The zero-order chi connectivity index (χ0) is 24.6. The minimum atomic E-state index is -1.50. The third-order valence-electron chi connectivity index (χ3n) is 5.99. The highest BCUT2D eigenvalue weighted by Crippen LogP contribution is 2.44. The molecule has 1 aliphatic rings. The van der Waals surface area contributed by atoms with Gasteiger partial charge in [-0.2, -0.15) is 0 Å². The number of nitrogens with two attached hydrogens (primary N) is 1. The van der Waals surface area contributed by atoms with Crippen molar-refractivity contribution >= 4 is 40.7 Å². The maximum atomic E-state index is 13.5. The van der Waals surface area contributed by atoms with Gasteiger partial charge in [0.15, 0.2) is 6.10 Å².